The second-order valence-electron chi connectivity index (χ2n) is 4.45. The second-order valence-corrected chi connectivity index (χ2v) is 6.42. The standard InChI is InChI=1S/C9H19N3O3S/c1-7(2)12(5-9(10)11-13)16(14,15)6-8-3-4-8/h7-8,13H,3-6H2,1-2H3,(H2,10,11). The summed E-state index contributed by atoms with van der Waals surface area (Å²) in [5.41, 5.74) is 5.35. The SMILES string of the molecule is CC(C)N(CC(N)=NO)S(=O)(=O)CC1CC1. The molecule has 1 rings (SSSR count). The van der Waals surface area contributed by atoms with Gasteiger partial charge in [0.15, 0.2) is 5.84 Å². The normalized spacial score (nSPS) is 18.4. The van der Waals surface area contributed by atoms with E-state index in [0.29, 0.717) is 5.92 Å². The summed E-state index contributed by atoms with van der Waals surface area (Å²) in [5.74, 6) is 0.371. The molecule has 0 saturated heterocycles. The zero-order chi connectivity index (χ0) is 12.3. The van der Waals surface area contributed by atoms with Gasteiger partial charge in [0.2, 0.25) is 10.0 Å². The first kappa shape index (κ1) is 13.2. The van der Waals surface area contributed by atoms with E-state index in [-0.39, 0.29) is 24.2 Å². The smallest absolute Gasteiger partial charge is 0.215 e. The number of nitrogens with zero attached hydrogens (tertiary/aromatic N) is 2. The van der Waals surface area contributed by atoms with E-state index in [2.05, 4.69) is 5.16 Å². The molecule has 0 aromatic heterocycles. The molecule has 6 nitrogen and oxygen atoms in total. The quantitative estimate of drug-likeness (QED) is 0.304. The number of hydrogen-bond acceptors (Lipinski definition) is 4. The van der Waals surface area contributed by atoms with Crippen molar-refractivity contribution in [3.63, 3.8) is 0 Å². The topological polar surface area (TPSA) is 96.0 Å². The molecule has 1 aliphatic rings. The molecule has 0 amide bonds. The van der Waals surface area contributed by atoms with Gasteiger partial charge in [-0.3, -0.25) is 0 Å². The summed E-state index contributed by atoms with van der Waals surface area (Å²) >= 11 is 0. The van der Waals surface area contributed by atoms with Crippen LogP contribution in [0, 0.1) is 5.92 Å². The van der Waals surface area contributed by atoms with Gasteiger partial charge in [0.25, 0.3) is 0 Å². The molecule has 0 radical (unpaired) electrons. The van der Waals surface area contributed by atoms with Gasteiger partial charge in [-0.2, -0.15) is 4.31 Å². The third-order valence-electron chi connectivity index (χ3n) is 2.52. The number of rotatable bonds is 6. The average Bonchev–Trinajstić information content (AvgIpc) is 2.95. The zero-order valence-electron chi connectivity index (χ0n) is 9.63. The number of oxime groups is 1. The molecule has 0 aromatic rings. The van der Waals surface area contributed by atoms with Crippen molar-refractivity contribution in [2.75, 3.05) is 12.3 Å². The lowest BCUT2D eigenvalue weighted by molar-refractivity contribution is 0.312. The fourth-order valence-electron chi connectivity index (χ4n) is 1.47. The Labute approximate surface area is 96.2 Å². The molecule has 0 atom stereocenters. The first-order valence-electron chi connectivity index (χ1n) is 5.32. The molecule has 0 aliphatic heterocycles. The molecule has 1 saturated carbocycles. The highest BCUT2D eigenvalue weighted by Crippen LogP contribution is 2.31. The minimum absolute atomic E-state index is 0.0524. The Morgan fingerprint density at radius 2 is 2.12 bits per heavy atom. The molecule has 7 heteroatoms. The first-order chi connectivity index (χ1) is 7.36. The van der Waals surface area contributed by atoms with Gasteiger partial charge in [0.05, 0.1) is 12.3 Å². The molecule has 0 unspecified atom stereocenters. The Morgan fingerprint density at radius 1 is 1.56 bits per heavy atom. The van der Waals surface area contributed by atoms with E-state index in [1.54, 1.807) is 13.8 Å². The molecule has 0 bridgehead atoms. The van der Waals surface area contributed by atoms with Crippen LogP contribution in [0.2, 0.25) is 0 Å². The maximum atomic E-state index is 12.0. The van der Waals surface area contributed by atoms with E-state index in [1.165, 1.54) is 4.31 Å². The van der Waals surface area contributed by atoms with Crippen molar-refractivity contribution in [2.24, 2.45) is 16.8 Å². The Bertz CT molecular complexity index is 360. The molecule has 16 heavy (non-hydrogen) atoms. The maximum Gasteiger partial charge on any atom is 0.215 e. The summed E-state index contributed by atoms with van der Waals surface area (Å²) < 4.78 is 25.3. The maximum absolute atomic E-state index is 12.0. The molecular formula is C9H19N3O3S. The molecule has 1 fully saturated rings. The molecule has 0 heterocycles. The van der Waals surface area contributed by atoms with Gasteiger partial charge in [-0.25, -0.2) is 8.42 Å². The van der Waals surface area contributed by atoms with Crippen LogP contribution in [0.15, 0.2) is 5.16 Å². The average molecular weight is 249 g/mol. The molecular weight excluding hydrogens is 230 g/mol. The van der Waals surface area contributed by atoms with Crippen LogP contribution in [0.4, 0.5) is 0 Å². The van der Waals surface area contributed by atoms with Gasteiger partial charge in [0, 0.05) is 6.04 Å². The minimum Gasteiger partial charge on any atom is -0.409 e. The van der Waals surface area contributed by atoms with Crippen molar-refractivity contribution in [1.82, 2.24) is 4.31 Å². The summed E-state index contributed by atoms with van der Waals surface area (Å²) in [6.07, 6.45) is 1.96. The first-order valence-corrected chi connectivity index (χ1v) is 6.93. The monoisotopic (exact) mass is 249 g/mol. The van der Waals surface area contributed by atoms with Crippen molar-refractivity contribution in [3.8, 4) is 0 Å². The van der Waals surface area contributed by atoms with Crippen LogP contribution < -0.4 is 5.73 Å². The van der Waals surface area contributed by atoms with E-state index in [0.717, 1.165) is 12.8 Å². The lowest BCUT2D eigenvalue weighted by Crippen LogP contribution is -2.44. The van der Waals surface area contributed by atoms with Crippen LogP contribution in [-0.2, 0) is 10.0 Å². The minimum atomic E-state index is -3.30. The highest BCUT2D eigenvalue weighted by Gasteiger charge is 2.33. The summed E-state index contributed by atoms with van der Waals surface area (Å²) in [7, 11) is -3.30. The fourth-order valence-corrected chi connectivity index (χ4v) is 3.56. The molecule has 94 valence electrons. The highest BCUT2D eigenvalue weighted by atomic mass is 32.2. The van der Waals surface area contributed by atoms with E-state index in [1.807, 2.05) is 0 Å². The number of nitrogens with two attached hydrogens (primary N) is 1. The van der Waals surface area contributed by atoms with Gasteiger partial charge in [0.1, 0.15) is 0 Å². The zero-order valence-corrected chi connectivity index (χ0v) is 10.4. The number of sulfonamides is 1. The van der Waals surface area contributed by atoms with E-state index in [4.69, 9.17) is 10.9 Å². The van der Waals surface area contributed by atoms with Crippen LogP contribution in [-0.4, -0.2) is 42.1 Å². The van der Waals surface area contributed by atoms with Gasteiger partial charge in [-0.15, -0.1) is 0 Å². The Balaban J connectivity index is 2.74. The van der Waals surface area contributed by atoms with E-state index >= 15 is 0 Å². The number of hydrogen-bond donors (Lipinski definition) is 2. The lowest BCUT2D eigenvalue weighted by Gasteiger charge is -2.25. The molecule has 0 aromatic carbocycles. The predicted octanol–water partition coefficient (Wildman–Crippen LogP) is 0.183. The molecule has 1 aliphatic carbocycles. The van der Waals surface area contributed by atoms with Gasteiger partial charge >= 0.3 is 0 Å². The predicted molar refractivity (Wildman–Crippen MR) is 61.8 cm³/mol. The third-order valence-corrected chi connectivity index (χ3v) is 4.68. The molecule has 3 N–H and O–H groups in total. The van der Waals surface area contributed by atoms with Gasteiger partial charge < -0.3 is 10.9 Å². The van der Waals surface area contributed by atoms with Crippen molar-refractivity contribution < 1.29 is 13.6 Å². The van der Waals surface area contributed by atoms with Crippen LogP contribution >= 0.6 is 0 Å². The fraction of sp³-hybridized carbons (Fsp3) is 0.889. The third kappa shape index (κ3) is 3.64. The Kier molecular flexibility index (Phi) is 4.15. The second kappa shape index (κ2) is 5.01. The van der Waals surface area contributed by atoms with Crippen LogP contribution in [0.1, 0.15) is 26.7 Å². The van der Waals surface area contributed by atoms with E-state index < -0.39 is 10.0 Å². The van der Waals surface area contributed by atoms with Crippen LogP contribution in [0.5, 0.6) is 0 Å². The Morgan fingerprint density at radius 3 is 2.50 bits per heavy atom. The van der Waals surface area contributed by atoms with Crippen molar-refractivity contribution in [1.29, 1.82) is 0 Å². The summed E-state index contributed by atoms with van der Waals surface area (Å²) in [6, 6.07) is -0.191. The van der Waals surface area contributed by atoms with E-state index in [9.17, 15) is 8.42 Å². The van der Waals surface area contributed by atoms with Crippen LogP contribution in [0.25, 0.3) is 0 Å². The number of amidine groups is 1. The van der Waals surface area contributed by atoms with Crippen molar-refractivity contribution in [2.45, 2.75) is 32.7 Å². The van der Waals surface area contributed by atoms with Crippen molar-refractivity contribution in [3.05, 3.63) is 0 Å². The largest absolute Gasteiger partial charge is 0.409 e. The van der Waals surface area contributed by atoms with Gasteiger partial charge in [-0.1, -0.05) is 5.16 Å². The van der Waals surface area contributed by atoms with Crippen molar-refractivity contribution >= 4 is 15.9 Å². The van der Waals surface area contributed by atoms with Gasteiger partial charge in [-0.05, 0) is 32.6 Å². The lowest BCUT2D eigenvalue weighted by atomic mass is 10.4. The Hall–Kier alpha value is -0.820. The summed E-state index contributed by atoms with van der Waals surface area (Å²) in [4.78, 5) is 0. The summed E-state index contributed by atoms with van der Waals surface area (Å²) in [6.45, 7) is 3.49. The summed E-state index contributed by atoms with van der Waals surface area (Å²) in [5, 5.41) is 11.3. The molecule has 0 spiro atoms. The van der Waals surface area contributed by atoms with Crippen LogP contribution in [0.3, 0.4) is 0 Å². The highest BCUT2D eigenvalue weighted by molar-refractivity contribution is 7.89.